The SMILES string of the molecule is N#Cc1ccc(Sc2cnc(N3CCN(Cc4nccs4)CC3)nc2OCc2cccc(C=O)c2)cc1. The zero-order chi connectivity index (χ0) is 25.5. The molecule has 3 heterocycles. The third-order valence-corrected chi connectivity index (χ3v) is 7.65. The van der Waals surface area contributed by atoms with Crippen molar-refractivity contribution in [3.8, 4) is 11.9 Å². The van der Waals surface area contributed by atoms with E-state index in [-0.39, 0.29) is 6.61 Å². The van der Waals surface area contributed by atoms with Crippen molar-refractivity contribution in [2.75, 3.05) is 31.1 Å². The molecule has 0 aliphatic carbocycles. The second kappa shape index (κ2) is 12.0. The maximum Gasteiger partial charge on any atom is 0.232 e. The first-order valence-electron chi connectivity index (χ1n) is 11.8. The third kappa shape index (κ3) is 6.51. The first kappa shape index (κ1) is 24.9. The van der Waals surface area contributed by atoms with E-state index in [0.29, 0.717) is 23.0 Å². The number of ether oxygens (including phenoxy) is 1. The molecule has 5 rings (SSSR count). The Morgan fingerprint density at radius 2 is 1.95 bits per heavy atom. The molecule has 2 aromatic carbocycles. The van der Waals surface area contributed by atoms with Crippen molar-refractivity contribution >= 4 is 35.3 Å². The lowest BCUT2D eigenvalue weighted by molar-refractivity contribution is 0.112. The van der Waals surface area contributed by atoms with E-state index in [4.69, 9.17) is 15.0 Å². The van der Waals surface area contributed by atoms with Crippen LogP contribution in [0.3, 0.4) is 0 Å². The number of piperazine rings is 1. The van der Waals surface area contributed by atoms with Crippen molar-refractivity contribution in [1.29, 1.82) is 5.26 Å². The van der Waals surface area contributed by atoms with Crippen molar-refractivity contribution < 1.29 is 9.53 Å². The molecule has 8 nitrogen and oxygen atoms in total. The van der Waals surface area contributed by atoms with E-state index in [2.05, 4.69) is 25.8 Å². The van der Waals surface area contributed by atoms with Crippen molar-refractivity contribution in [3.63, 3.8) is 0 Å². The second-order valence-electron chi connectivity index (χ2n) is 8.42. The molecule has 0 amide bonds. The number of carbonyl (C=O) groups excluding carboxylic acids is 1. The summed E-state index contributed by atoms with van der Waals surface area (Å²) in [6.45, 7) is 4.57. The highest BCUT2D eigenvalue weighted by Crippen LogP contribution is 2.35. The van der Waals surface area contributed by atoms with Crippen LogP contribution in [0.4, 0.5) is 5.95 Å². The quantitative estimate of drug-likeness (QED) is 0.287. The highest BCUT2D eigenvalue weighted by Gasteiger charge is 2.21. The molecule has 0 radical (unpaired) electrons. The highest BCUT2D eigenvalue weighted by molar-refractivity contribution is 7.99. The van der Waals surface area contributed by atoms with E-state index < -0.39 is 0 Å². The van der Waals surface area contributed by atoms with Gasteiger partial charge in [-0.15, -0.1) is 11.3 Å². The summed E-state index contributed by atoms with van der Waals surface area (Å²) in [6.07, 6.45) is 4.47. The molecule has 1 aliphatic rings. The van der Waals surface area contributed by atoms with E-state index in [9.17, 15) is 4.79 Å². The molecule has 0 N–H and O–H groups in total. The largest absolute Gasteiger partial charge is 0.472 e. The second-order valence-corrected chi connectivity index (χ2v) is 10.5. The average Bonchev–Trinajstić information content (AvgIpc) is 3.46. The van der Waals surface area contributed by atoms with Gasteiger partial charge in [0.2, 0.25) is 11.8 Å². The molecule has 4 aromatic rings. The average molecular weight is 529 g/mol. The van der Waals surface area contributed by atoms with Crippen molar-refractivity contribution in [2.24, 2.45) is 0 Å². The molecule has 2 aromatic heterocycles. The number of thiazole rings is 1. The number of aromatic nitrogens is 3. The van der Waals surface area contributed by atoms with Gasteiger partial charge < -0.3 is 9.64 Å². The molecule has 1 aliphatic heterocycles. The zero-order valence-electron chi connectivity index (χ0n) is 20.0. The number of carbonyl (C=O) groups is 1. The van der Waals surface area contributed by atoms with Gasteiger partial charge in [0.1, 0.15) is 17.9 Å². The molecule has 0 saturated carbocycles. The molecule has 0 unspecified atom stereocenters. The predicted octanol–water partition coefficient (Wildman–Crippen LogP) is 4.67. The molecule has 0 bridgehead atoms. The summed E-state index contributed by atoms with van der Waals surface area (Å²) in [7, 11) is 0. The van der Waals surface area contributed by atoms with Gasteiger partial charge in [-0.2, -0.15) is 10.2 Å². The summed E-state index contributed by atoms with van der Waals surface area (Å²) in [6, 6.07) is 16.8. The van der Waals surface area contributed by atoms with Crippen LogP contribution in [-0.4, -0.2) is 52.3 Å². The zero-order valence-corrected chi connectivity index (χ0v) is 21.6. The molecule has 37 heavy (non-hydrogen) atoms. The number of hydrogen-bond donors (Lipinski definition) is 0. The fourth-order valence-electron chi connectivity index (χ4n) is 3.93. The summed E-state index contributed by atoms with van der Waals surface area (Å²) < 4.78 is 6.18. The number of hydrogen-bond acceptors (Lipinski definition) is 10. The lowest BCUT2D eigenvalue weighted by atomic mass is 10.1. The summed E-state index contributed by atoms with van der Waals surface area (Å²) in [4.78, 5) is 31.3. The van der Waals surface area contributed by atoms with Gasteiger partial charge in [-0.25, -0.2) is 9.97 Å². The van der Waals surface area contributed by atoms with E-state index in [1.165, 1.54) is 11.8 Å². The minimum absolute atomic E-state index is 0.278. The fraction of sp³-hybridized carbons (Fsp3) is 0.222. The summed E-state index contributed by atoms with van der Waals surface area (Å²) in [5.74, 6) is 1.12. The Bertz CT molecular complexity index is 1380. The van der Waals surface area contributed by atoms with E-state index in [1.54, 1.807) is 35.7 Å². The minimum Gasteiger partial charge on any atom is -0.472 e. The van der Waals surface area contributed by atoms with Gasteiger partial charge >= 0.3 is 0 Å². The maximum atomic E-state index is 11.2. The normalized spacial score (nSPS) is 13.8. The third-order valence-electron chi connectivity index (χ3n) is 5.88. The van der Waals surface area contributed by atoms with Crippen LogP contribution in [-0.2, 0) is 13.2 Å². The van der Waals surface area contributed by atoms with Gasteiger partial charge in [0, 0.05) is 48.2 Å². The Morgan fingerprint density at radius 3 is 2.68 bits per heavy atom. The fourth-order valence-corrected chi connectivity index (χ4v) is 5.41. The summed E-state index contributed by atoms with van der Waals surface area (Å²) >= 11 is 3.17. The molecule has 10 heteroatoms. The Morgan fingerprint density at radius 1 is 1.11 bits per heavy atom. The number of nitrogens with zero attached hydrogens (tertiary/aromatic N) is 6. The topological polar surface area (TPSA) is 95.2 Å². The van der Waals surface area contributed by atoms with Crippen LogP contribution in [0.5, 0.6) is 5.88 Å². The molecule has 0 atom stereocenters. The van der Waals surface area contributed by atoms with Gasteiger partial charge in [0.15, 0.2) is 0 Å². The van der Waals surface area contributed by atoms with Crippen LogP contribution in [0, 0.1) is 11.3 Å². The smallest absolute Gasteiger partial charge is 0.232 e. The molecular formula is C27H24N6O2S2. The Hall–Kier alpha value is -3.78. The molecule has 1 saturated heterocycles. The summed E-state index contributed by atoms with van der Waals surface area (Å²) in [5.41, 5.74) is 2.10. The van der Waals surface area contributed by atoms with E-state index >= 15 is 0 Å². The van der Waals surface area contributed by atoms with Crippen LogP contribution < -0.4 is 9.64 Å². The monoisotopic (exact) mass is 528 g/mol. The first-order chi connectivity index (χ1) is 18.2. The highest BCUT2D eigenvalue weighted by atomic mass is 32.2. The van der Waals surface area contributed by atoms with Gasteiger partial charge in [0.05, 0.1) is 29.3 Å². The lowest BCUT2D eigenvalue weighted by Gasteiger charge is -2.34. The van der Waals surface area contributed by atoms with Crippen LogP contribution in [0.1, 0.15) is 26.5 Å². The van der Waals surface area contributed by atoms with Gasteiger partial charge in [-0.3, -0.25) is 9.69 Å². The number of benzene rings is 2. The van der Waals surface area contributed by atoms with E-state index in [1.807, 2.05) is 41.9 Å². The standard InChI is InChI=1S/C27H24N6O2S2/c28-15-20-4-6-23(7-5-20)37-24-16-30-27(31-26(24)35-19-22-3-1-2-21(14-22)18-34)33-11-9-32(10-12-33)17-25-29-8-13-36-25/h1-8,13-14,16,18H,9-12,17,19H2. The Labute approximate surface area is 223 Å². The van der Waals surface area contributed by atoms with Gasteiger partial charge in [-0.05, 0) is 35.9 Å². The molecular weight excluding hydrogens is 504 g/mol. The molecule has 0 spiro atoms. The predicted molar refractivity (Wildman–Crippen MR) is 143 cm³/mol. The first-order valence-corrected chi connectivity index (χ1v) is 13.5. The maximum absolute atomic E-state index is 11.2. The summed E-state index contributed by atoms with van der Waals surface area (Å²) in [5, 5.41) is 12.2. The minimum atomic E-state index is 0.278. The number of nitriles is 1. The van der Waals surface area contributed by atoms with Crippen molar-refractivity contribution in [3.05, 3.63) is 88.0 Å². The van der Waals surface area contributed by atoms with Crippen LogP contribution in [0.2, 0.25) is 0 Å². The van der Waals surface area contributed by atoms with E-state index in [0.717, 1.165) is 59.4 Å². The van der Waals surface area contributed by atoms with Crippen molar-refractivity contribution in [2.45, 2.75) is 22.9 Å². The number of anilines is 1. The Kier molecular flexibility index (Phi) is 8.05. The molecule has 1 fully saturated rings. The molecule has 186 valence electrons. The van der Waals surface area contributed by atoms with Gasteiger partial charge in [0.25, 0.3) is 0 Å². The number of aldehydes is 1. The van der Waals surface area contributed by atoms with Crippen LogP contribution in [0.15, 0.2) is 76.1 Å². The van der Waals surface area contributed by atoms with Gasteiger partial charge in [-0.1, -0.05) is 30.0 Å². The Balaban J connectivity index is 1.32. The lowest BCUT2D eigenvalue weighted by Crippen LogP contribution is -2.46. The van der Waals surface area contributed by atoms with Crippen LogP contribution >= 0.6 is 23.1 Å². The van der Waals surface area contributed by atoms with Crippen molar-refractivity contribution in [1.82, 2.24) is 19.9 Å². The van der Waals surface area contributed by atoms with Crippen LogP contribution in [0.25, 0.3) is 0 Å². The number of rotatable bonds is 9.